The Morgan fingerprint density at radius 3 is 2.82 bits per heavy atom. The molecule has 1 aromatic carbocycles. The van der Waals surface area contributed by atoms with E-state index in [0.717, 1.165) is 18.7 Å². The fourth-order valence-corrected chi connectivity index (χ4v) is 4.27. The summed E-state index contributed by atoms with van der Waals surface area (Å²) >= 11 is 0. The molecule has 1 aromatic rings. The quantitative estimate of drug-likeness (QED) is 0.720. The van der Waals surface area contributed by atoms with Crippen LogP contribution in [0.5, 0.6) is 5.75 Å². The van der Waals surface area contributed by atoms with E-state index in [9.17, 15) is 19.5 Å². The van der Waals surface area contributed by atoms with Crippen molar-refractivity contribution in [3.8, 4) is 5.75 Å². The van der Waals surface area contributed by atoms with Crippen LogP contribution in [0.3, 0.4) is 0 Å². The van der Waals surface area contributed by atoms with Crippen molar-refractivity contribution >= 4 is 17.7 Å². The molecule has 0 spiro atoms. The summed E-state index contributed by atoms with van der Waals surface area (Å²) in [7, 11) is 0. The van der Waals surface area contributed by atoms with E-state index >= 15 is 0 Å². The molecule has 1 unspecified atom stereocenters. The van der Waals surface area contributed by atoms with Gasteiger partial charge in [-0.15, -0.1) is 0 Å². The fraction of sp³-hybridized carbons (Fsp3) is 0.550. The van der Waals surface area contributed by atoms with Gasteiger partial charge in [0.25, 0.3) is 5.91 Å². The summed E-state index contributed by atoms with van der Waals surface area (Å²) < 4.78 is 6.08. The lowest BCUT2D eigenvalue weighted by Gasteiger charge is -2.35. The number of carbonyl (C=O) groups is 3. The number of rotatable bonds is 4. The van der Waals surface area contributed by atoms with Crippen LogP contribution in [0, 0.1) is 0 Å². The molecule has 0 aliphatic carbocycles. The van der Waals surface area contributed by atoms with Crippen molar-refractivity contribution < 1.29 is 24.2 Å². The largest absolute Gasteiger partial charge is 0.489 e. The molecule has 2 N–H and O–H groups in total. The molecule has 0 bridgehead atoms. The number of imide groups is 1. The van der Waals surface area contributed by atoms with Crippen molar-refractivity contribution in [1.82, 2.24) is 15.1 Å². The van der Waals surface area contributed by atoms with Crippen LogP contribution in [0.4, 0.5) is 0 Å². The van der Waals surface area contributed by atoms with Gasteiger partial charge >= 0.3 is 0 Å². The summed E-state index contributed by atoms with van der Waals surface area (Å²) in [6.07, 6.45) is 0.654. The van der Waals surface area contributed by atoms with Gasteiger partial charge in [-0.25, -0.2) is 0 Å². The predicted molar refractivity (Wildman–Crippen MR) is 99.6 cm³/mol. The number of piperidine rings is 2. The number of nitrogens with zero attached hydrogens (tertiary/aromatic N) is 2. The third-order valence-corrected chi connectivity index (χ3v) is 5.71. The van der Waals surface area contributed by atoms with Gasteiger partial charge in [-0.3, -0.25) is 24.6 Å². The molecule has 3 atom stereocenters. The van der Waals surface area contributed by atoms with Crippen LogP contribution in [-0.4, -0.2) is 70.5 Å². The van der Waals surface area contributed by atoms with E-state index in [4.69, 9.17) is 4.74 Å². The van der Waals surface area contributed by atoms with Crippen LogP contribution < -0.4 is 10.1 Å². The van der Waals surface area contributed by atoms with Gasteiger partial charge in [0, 0.05) is 38.0 Å². The van der Waals surface area contributed by atoms with Gasteiger partial charge < -0.3 is 14.7 Å². The Morgan fingerprint density at radius 2 is 2.07 bits per heavy atom. The fourth-order valence-electron chi connectivity index (χ4n) is 4.27. The molecule has 150 valence electrons. The lowest BCUT2D eigenvalue weighted by atomic mass is 10.0. The first-order valence-corrected chi connectivity index (χ1v) is 9.79. The number of hydrogen-bond donors (Lipinski definition) is 2. The van der Waals surface area contributed by atoms with Gasteiger partial charge in [0.15, 0.2) is 0 Å². The number of likely N-dealkylation sites (N-methyl/N-ethyl adjacent to an activating group) is 1. The summed E-state index contributed by atoms with van der Waals surface area (Å²) in [4.78, 5) is 39.9. The Hall–Kier alpha value is -2.45. The molecule has 4 rings (SSSR count). The van der Waals surface area contributed by atoms with Crippen molar-refractivity contribution in [1.29, 1.82) is 0 Å². The summed E-state index contributed by atoms with van der Waals surface area (Å²) in [5.74, 6) is -0.241. The number of amides is 3. The lowest BCUT2D eigenvalue weighted by Crippen LogP contribution is -2.52. The highest BCUT2D eigenvalue weighted by atomic mass is 16.5. The highest BCUT2D eigenvalue weighted by Gasteiger charge is 2.39. The Kier molecular flexibility index (Phi) is 5.07. The molecule has 3 aliphatic heterocycles. The van der Waals surface area contributed by atoms with E-state index in [2.05, 4.69) is 17.1 Å². The minimum absolute atomic E-state index is 0.106. The van der Waals surface area contributed by atoms with E-state index in [0.29, 0.717) is 37.2 Å². The average Bonchev–Trinajstić information content (AvgIpc) is 2.97. The maximum Gasteiger partial charge on any atom is 0.255 e. The second kappa shape index (κ2) is 7.52. The molecule has 2 fully saturated rings. The molecule has 3 aliphatic rings. The van der Waals surface area contributed by atoms with E-state index in [1.807, 2.05) is 6.07 Å². The van der Waals surface area contributed by atoms with Crippen LogP contribution in [-0.2, 0) is 16.1 Å². The first kappa shape index (κ1) is 18.9. The van der Waals surface area contributed by atoms with E-state index < -0.39 is 18.1 Å². The normalized spacial score (nSPS) is 28.3. The second-order valence-corrected chi connectivity index (χ2v) is 7.70. The van der Waals surface area contributed by atoms with Gasteiger partial charge in [0.1, 0.15) is 17.9 Å². The smallest absolute Gasteiger partial charge is 0.255 e. The van der Waals surface area contributed by atoms with Crippen molar-refractivity contribution in [2.24, 2.45) is 0 Å². The molecule has 0 saturated carbocycles. The van der Waals surface area contributed by atoms with E-state index in [-0.39, 0.29) is 24.3 Å². The average molecular weight is 387 g/mol. The van der Waals surface area contributed by atoms with Crippen LogP contribution in [0.25, 0.3) is 0 Å². The third kappa shape index (κ3) is 3.62. The number of likely N-dealkylation sites (tertiary alicyclic amines) is 1. The zero-order valence-electron chi connectivity index (χ0n) is 15.9. The van der Waals surface area contributed by atoms with Crippen molar-refractivity contribution in [2.75, 3.05) is 19.6 Å². The molecular weight excluding hydrogens is 362 g/mol. The maximum absolute atomic E-state index is 12.7. The van der Waals surface area contributed by atoms with Gasteiger partial charge in [-0.1, -0.05) is 6.92 Å². The van der Waals surface area contributed by atoms with Crippen LogP contribution >= 0.6 is 0 Å². The van der Waals surface area contributed by atoms with Gasteiger partial charge in [0.2, 0.25) is 11.8 Å². The summed E-state index contributed by atoms with van der Waals surface area (Å²) in [6, 6.07) is 4.72. The maximum atomic E-state index is 12.7. The molecule has 8 heteroatoms. The first-order chi connectivity index (χ1) is 13.4. The molecule has 0 aromatic heterocycles. The SMILES string of the molecule is CCN1C[C@@H](O)C[C@@H](Oc2ccc3c(c2)CN(C2CCC(=O)NC2=O)C3=O)C1. The summed E-state index contributed by atoms with van der Waals surface area (Å²) in [6.45, 7) is 4.66. The highest BCUT2D eigenvalue weighted by molar-refractivity contribution is 6.05. The zero-order chi connectivity index (χ0) is 19.8. The second-order valence-electron chi connectivity index (χ2n) is 7.70. The summed E-state index contributed by atoms with van der Waals surface area (Å²) in [5.41, 5.74) is 1.38. The number of fused-ring (bicyclic) bond motifs is 1. The first-order valence-electron chi connectivity index (χ1n) is 9.79. The van der Waals surface area contributed by atoms with Gasteiger partial charge in [0.05, 0.1) is 6.10 Å². The minimum Gasteiger partial charge on any atom is -0.489 e. The Morgan fingerprint density at radius 1 is 1.25 bits per heavy atom. The number of nitrogens with one attached hydrogen (secondary N) is 1. The van der Waals surface area contributed by atoms with Gasteiger partial charge in [-0.05, 0) is 36.7 Å². The number of hydrogen-bond acceptors (Lipinski definition) is 6. The Balaban J connectivity index is 1.46. The highest BCUT2D eigenvalue weighted by Crippen LogP contribution is 2.31. The monoisotopic (exact) mass is 387 g/mol. The summed E-state index contributed by atoms with van der Waals surface area (Å²) in [5, 5.41) is 12.3. The number of aliphatic hydroxyl groups excluding tert-OH is 1. The third-order valence-electron chi connectivity index (χ3n) is 5.71. The number of β-amino-alcohol motifs (C(OH)–C–C–N with tert-alkyl or cyclic N) is 1. The zero-order valence-corrected chi connectivity index (χ0v) is 15.9. The van der Waals surface area contributed by atoms with Crippen LogP contribution in [0.1, 0.15) is 42.1 Å². The molecular formula is C20H25N3O5. The lowest BCUT2D eigenvalue weighted by molar-refractivity contribution is -0.136. The van der Waals surface area contributed by atoms with Crippen molar-refractivity contribution in [2.45, 2.75) is 51.0 Å². The molecule has 2 saturated heterocycles. The standard InChI is InChI=1S/C20H25N3O5/c1-2-22-10-13(24)8-15(11-22)28-14-3-4-16-12(7-14)9-23(20(16)27)17-5-6-18(25)21-19(17)26/h3-4,7,13,15,17,24H,2,5-6,8-11H2,1H3,(H,21,25,26)/t13-,15+,17?/m0/s1. The Bertz CT molecular complexity index is 811. The number of aliphatic hydroxyl groups is 1. The molecule has 3 heterocycles. The topological polar surface area (TPSA) is 99.2 Å². The predicted octanol–water partition coefficient (Wildman–Crippen LogP) is 0.282. The van der Waals surface area contributed by atoms with Crippen molar-refractivity contribution in [3.05, 3.63) is 29.3 Å². The molecule has 8 nitrogen and oxygen atoms in total. The molecule has 28 heavy (non-hydrogen) atoms. The Labute approximate surface area is 163 Å². The van der Waals surface area contributed by atoms with Gasteiger partial charge in [-0.2, -0.15) is 0 Å². The van der Waals surface area contributed by atoms with Crippen LogP contribution in [0.15, 0.2) is 18.2 Å². The number of benzene rings is 1. The number of carbonyl (C=O) groups excluding carboxylic acids is 3. The minimum atomic E-state index is -0.617. The van der Waals surface area contributed by atoms with Crippen LogP contribution in [0.2, 0.25) is 0 Å². The van der Waals surface area contributed by atoms with Crippen molar-refractivity contribution in [3.63, 3.8) is 0 Å². The van der Waals surface area contributed by atoms with E-state index in [1.165, 1.54) is 4.90 Å². The molecule has 0 radical (unpaired) electrons. The van der Waals surface area contributed by atoms with E-state index in [1.54, 1.807) is 12.1 Å². The number of ether oxygens (including phenoxy) is 1. The molecule has 3 amide bonds.